The Bertz CT molecular complexity index is 496. The molecule has 0 aliphatic carbocycles. The van der Waals surface area contributed by atoms with Crippen LogP contribution in [0, 0.1) is 10.1 Å². The number of hydrogen-bond donors (Lipinski definition) is 2. The molecular formula is C13H18BrN3O4. The summed E-state index contributed by atoms with van der Waals surface area (Å²) in [6, 6.07) is 4.87. The molecule has 116 valence electrons. The Hall–Kier alpha value is -1.51. The van der Waals surface area contributed by atoms with E-state index >= 15 is 0 Å². The van der Waals surface area contributed by atoms with E-state index in [1.807, 2.05) is 0 Å². The summed E-state index contributed by atoms with van der Waals surface area (Å²) in [6.45, 7) is 1.92. The predicted molar refractivity (Wildman–Crippen MR) is 82.0 cm³/mol. The summed E-state index contributed by atoms with van der Waals surface area (Å²) in [5.74, 6) is -0.0577. The minimum Gasteiger partial charge on any atom is -0.383 e. The van der Waals surface area contributed by atoms with E-state index in [1.54, 1.807) is 19.2 Å². The number of nitrogens with one attached hydrogen (secondary N) is 2. The van der Waals surface area contributed by atoms with Gasteiger partial charge in [0.1, 0.15) is 0 Å². The van der Waals surface area contributed by atoms with Gasteiger partial charge in [0, 0.05) is 39.2 Å². The Balaban J connectivity index is 2.35. The van der Waals surface area contributed by atoms with Gasteiger partial charge in [-0.25, -0.2) is 0 Å². The maximum Gasteiger partial charge on any atom is 0.283 e. The van der Waals surface area contributed by atoms with Gasteiger partial charge < -0.3 is 15.4 Å². The van der Waals surface area contributed by atoms with Crippen LogP contribution in [-0.2, 0) is 16.1 Å². The van der Waals surface area contributed by atoms with E-state index < -0.39 is 4.92 Å². The van der Waals surface area contributed by atoms with Crippen molar-refractivity contribution in [2.24, 2.45) is 0 Å². The number of rotatable bonds is 9. The number of nitro groups is 1. The predicted octanol–water partition coefficient (Wildman–Crippen LogP) is 1.60. The lowest BCUT2D eigenvalue weighted by atomic mass is 10.2. The molecule has 1 amide bonds. The Kier molecular flexibility index (Phi) is 7.88. The first kappa shape index (κ1) is 17.5. The number of halogens is 1. The van der Waals surface area contributed by atoms with Crippen LogP contribution in [-0.4, -0.2) is 37.6 Å². The Morgan fingerprint density at radius 2 is 2.19 bits per heavy atom. The molecule has 0 bridgehead atoms. The molecule has 0 aromatic heterocycles. The lowest BCUT2D eigenvalue weighted by molar-refractivity contribution is -0.385. The van der Waals surface area contributed by atoms with E-state index in [-0.39, 0.29) is 11.6 Å². The molecule has 7 nitrogen and oxygen atoms in total. The molecule has 0 atom stereocenters. The number of nitro benzene ring substituents is 1. The molecular weight excluding hydrogens is 342 g/mol. The van der Waals surface area contributed by atoms with Crippen molar-refractivity contribution in [2.45, 2.75) is 13.0 Å². The van der Waals surface area contributed by atoms with Crippen molar-refractivity contribution >= 4 is 27.5 Å². The van der Waals surface area contributed by atoms with Crippen LogP contribution in [0.15, 0.2) is 22.7 Å². The second-order valence-electron chi connectivity index (χ2n) is 4.28. The highest BCUT2D eigenvalue weighted by atomic mass is 79.9. The molecule has 0 fully saturated rings. The van der Waals surface area contributed by atoms with E-state index in [2.05, 4.69) is 26.6 Å². The van der Waals surface area contributed by atoms with Crippen LogP contribution in [0.4, 0.5) is 5.69 Å². The molecule has 1 aromatic rings. The summed E-state index contributed by atoms with van der Waals surface area (Å²) < 4.78 is 5.29. The minimum atomic E-state index is -0.434. The number of nitrogens with zero attached hydrogens (tertiary/aromatic N) is 1. The molecule has 8 heteroatoms. The van der Waals surface area contributed by atoms with Crippen molar-refractivity contribution in [1.29, 1.82) is 0 Å². The number of amides is 1. The van der Waals surface area contributed by atoms with Gasteiger partial charge in [0.25, 0.3) is 5.69 Å². The van der Waals surface area contributed by atoms with Crippen molar-refractivity contribution < 1.29 is 14.5 Å². The largest absolute Gasteiger partial charge is 0.383 e. The van der Waals surface area contributed by atoms with Crippen LogP contribution in [0.25, 0.3) is 0 Å². The van der Waals surface area contributed by atoms with Crippen LogP contribution in [0.2, 0.25) is 0 Å². The fourth-order valence-corrected chi connectivity index (χ4v) is 2.20. The Labute approximate surface area is 131 Å². The zero-order valence-corrected chi connectivity index (χ0v) is 13.3. The molecule has 1 rings (SSSR count). The average molecular weight is 360 g/mol. The number of carbonyl (C=O) groups excluding carboxylic acids is 1. The number of methoxy groups -OCH3 is 1. The Morgan fingerprint density at radius 1 is 1.43 bits per heavy atom. The summed E-state index contributed by atoms with van der Waals surface area (Å²) in [4.78, 5) is 21.8. The third-order valence-corrected chi connectivity index (χ3v) is 3.64. The molecule has 1 aromatic carbocycles. The fourth-order valence-electron chi connectivity index (χ4n) is 1.65. The molecule has 0 aliphatic rings. The van der Waals surface area contributed by atoms with Gasteiger partial charge in [-0.05, 0) is 21.5 Å². The van der Waals surface area contributed by atoms with Crippen molar-refractivity contribution in [3.05, 3.63) is 38.3 Å². The number of carbonyl (C=O) groups is 1. The van der Waals surface area contributed by atoms with Crippen LogP contribution in [0.3, 0.4) is 0 Å². The van der Waals surface area contributed by atoms with E-state index in [9.17, 15) is 14.9 Å². The summed E-state index contributed by atoms with van der Waals surface area (Å²) in [5.41, 5.74) is 0.815. The molecule has 0 saturated carbocycles. The molecule has 0 unspecified atom stereocenters. The number of ether oxygens (including phenoxy) is 1. The molecule has 0 spiro atoms. The van der Waals surface area contributed by atoms with E-state index in [0.717, 1.165) is 5.56 Å². The number of benzene rings is 1. The van der Waals surface area contributed by atoms with Gasteiger partial charge in [0.05, 0.1) is 16.0 Å². The third kappa shape index (κ3) is 6.19. The first-order valence-electron chi connectivity index (χ1n) is 6.44. The first-order valence-corrected chi connectivity index (χ1v) is 7.23. The second-order valence-corrected chi connectivity index (χ2v) is 5.07. The maximum absolute atomic E-state index is 11.4. The highest BCUT2D eigenvalue weighted by molar-refractivity contribution is 9.10. The zero-order chi connectivity index (χ0) is 15.7. The highest BCUT2D eigenvalue weighted by Crippen LogP contribution is 2.27. The SMILES string of the molecule is COCCNC(=O)CCNCc1cccc([N+](=O)[O-])c1Br. The lowest BCUT2D eigenvalue weighted by Crippen LogP contribution is -2.30. The lowest BCUT2D eigenvalue weighted by Gasteiger charge is -2.08. The van der Waals surface area contributed by atoms with Gasteiger partial charge in [0.2, 0.25) is 5.91 Å². The second kappa shape index (κ2) is 9.43. The maximum atomic E-state index is 11.4. The highest BCUT2D eigenvalue weighted by Gasteiger charge is 2.14. The van der Waals surface area contributed by atoms with Crippen molar-refractivity contribution in [2.75, 3.05) is 26.8 Å². The normalized spacial score (nSPS) is 10.4. The zero-order valence-electron chi connectivity index (χ0n) is 11.7. The van der Waals surface area contributed by atoms with Gasteiger partial charge in [-0.15, -0.1) is 0 Å². The van der Waals surface area contributed by atoms with Crippen LogP contribution < -0.4 is 10.6 Å². The smallest absolute Gasteiger partial charge is 0.283 e. The number of hydrogen-bond acceptors (Lipinski definition) is 5. The third-order valence-electron chi connectivity index (χ3n) is 2.73. The van der Waals surface area contributed by atoms with Gasteiger partial charge in [0.15, 0.2) is 0 Å². The van der Waals surface area contributed by atoms with Crippen molar-refractivity contribution in [3.63, 3.8) is 0 Å². The van der Waals surface area contributed by atoms with E-state index in [4.69, 9.17) is 4.74 Å². The van der Waals surface area contributed by atoms with Gasteiger partial charge in [-0.3, -0.25) is 14.9 Å². The average Bonchev–Trinajstić information content (AvgIpc) is 2.45. The standard InChI is InChI=1S/C13H18BrN3O4/c1-21-8-7-16-12(18)5-6-15-9-10-3-2-4-11(13(10)14)17(19)20/h2-4,15H,5-9H2,1H3,(H,16,18). The topological polar surface area (TPSA) is 93.5 Å². The minimum absolute atomic E-state index is 0.0339. The van der Waals surface area contributed by atoms with Gasteiger partial charge in [-0.2, -0.15) is 0 Å². The molecule has 2 N–H and O–H groups in total. The first-order chi connectivity index (χ1) is 10.1. The van der Waals surface area contributed by atoms with Crippen LogP contribution >= 0.6 is 15.9 Å². The molecule has 0 saturated heterocycles. The van der Waals surface area contributed by atoms with Gasteiger partial charge in [-0.1, -0.05) is 12.1 Å². The molecule has 0 heterocycles. The van der Waals surface area contributed by atoms with E-state index in [1.165, 1.54) is 6.07 Å². The van der Waals surface area contributed by atoms with Crippen LogP contribution in [0.5, 0.6) is 0 Å². The monoisotopic (exact) mass is 359 g/mol. The molecule has 0 aliphatic heterocycles. The van der Waals surface area contributed by atoms with Gasteiger partial charge >= 0.3 is 0 Å². The quantitative estimate of drug-likeness (QED) is 0.396. The van der Waals surface area contributed by atoms with Crippen molar-refractivity contribution in [1.82, 2.24) is 10.6 Å². The molecule has 0 radical (unpaired) electrons. The summed E-state index contributed by atoms with van der Waals surface area (Å²) >= 11 is 3.23. The fraction of sp³-hybridized carbons (Fsp3) is 0.462. The van der Waals surface area contributed by atoms with Crippen molar-refractivity contribution in [3.8, 4) is 0 Å². The summed E-state index contributed by atoms with van der Waals surface area (Å²) in [6.07, 6.45) is 0.344. The molecule has 21 heavy (non-hydrogen) atoms. The van der Waals surface area contributed by atoms with Crippen LogP contribution in [0.1, 0.15) is 12.0 Å². The van der Waals surface area contributed by atoms with E-state index in [0.29, 0.717) is 37.1 Å². The summed E-state index contributed by atoms with van der Waals surface area (Å²) in [5, 5.41) is 16.6. The summed E-state index contributed by atoms with van der Waals surface area (Å²) in [7, 11) is 1.57. The Morgan fingerprint density at radius 3 is 2.86 bits per heavy atom.